The molecule has 1 N–H and O–H groups in total. The van der Waals surface area contributed by atoms with Gasteiger partial charge < -0.3 is 19.9 Å². The Morgan fingerprint density at radius 3 is 2.42 bits per heavy atom. The predicted octanol–water partition coefficient (Wildman–Crippen LogP) is 2.31. The highest BCUT2D eigenvalue weighted by Crippen LogP contribution is 2.13. The fourth-order valence-electron chi connectivity index (χ4n) is 3.37. The van der Waals surface area contributed by atoms with Crippen LogP contribution in [-0.2, 0) is 16.0 Å². The third kappa shape index (κ3) is 5.35. The first kappa shape index (κ1) is 19.0. The standard InChI is InChI=1S/C19H26ClN3O3/c20-16-4-2-15(3-5-16)14-18(24)22-8-1-9-23(11-10-22)19(25)21-17-6-12-26-13-7-17/h2-5,17H,1,6-14H2,(H,21,25). The lowest BCUT2D eigenvalue weighted by Gasteiger charge is -2.27. The number of amides is 3. The van der Waals surface area contributed by atoms with E-state index >= 15 is 0 Å². The van der Waals surface area contributed by atoms with E-state index in [9.17, 15) is 9.59 Å². The van der Waals surface area contributed by atoms with Gasteiger partial charge in [-0.15, -0.1) is 0 Å². The molecule has 0 spiro atoms. The first-order chi connectivity index (χ1) is 12.6. The topological polar surface area (TPSA) is 61.9 Å². The Bertz CT molecular complexity index is 617. The minimum atomic E-state index is -0.0242. The van der Waals surface area contributed by atoms with Crippen molar-refractivity contribution >= 4 is 23.5 Å². The third-order valence-electron chi connectivity index (χ3n) is 4.95. The molecule has 7 heteroatoms. The molecule has 0 radical (unpaired) electrons. The molecule has 0 bridgehead atoms. The van der Waals surface area contributed by atoms with E-state index < -0.39 is 0 Å². The van der Waals surface area contributed by atoms with Crippen LogP contribution < -0.4 is 5.32 Å². The van der Waals surface area contributed by atoms with Crippen molar-refractivity contribution in [3.05, 3.63) is 34.9 Å². The number of carbonyl (C=O) groups is 2. The summed E-state index contributed by atoms with van der Waals surface area (Å²) in [4.78, 5) is 28.7. The monoisotopic (exact) mass is 379 g/mol. The highest BCUT2D eigenvalue weighted by molar-refractivity contribution is 6.30. The van der Waals surface area contributed by atoms with Gasteiger partial charge in [0, 0.05) is 50.5 Å². The Balaban J connectivity index is 1.48. The van der Waals surface area contributed by atoms with Crippen molar-refractivity contribution in [2.75, 3.05) is 39.4 Å². The van der Waals surface area contributed by atoms with E-state index in [-0.39, 0.29) is 18.0 Å². The highest BCUT2D eigenvalue weighted by Gasteiger charge is 2.24. The van der Waals surface area contributed by atoms with Crippen LogP contribution in [0.1, 0.15) is 24.8 Å². The third-order valence-corrected chi connectivity index (χ3v) is 5.21. The molecule has 1 aromatic rings. The first-order valence-electron chi connectivity index (χ1n) is 9.27. The molecule has 2 aliphatic heterocycles. The molecular formula is C19H26ClN3O3. The molecule has 0 atom stereocenters. The van der Waals surface area contributed by atoms with Gasteiger partial charge in [-0.3, -0.25) is 4.79 Å². The minimum Gasteiger partial charge on any atom is -0.381 e. The van der Waals surface area contributed by atoms with E-state index in [2.05, 4.69) is 5.32 Å². The summed E-state index contributed by atoms with van der Waals surface area (Å²) < 4.78 is 5.33. The number of urea groups is 1. The number of hydrogen-bond donors (Lipinski definition) is 1. The first-order valence-corrected chi connectivity index (χ1v) is 9.65. The van der Waals surface area contributed by atoms with Gasteiger partial charge in [-0.05, 0) is 37.0 Å². The Morgan fingerprint density at radius 2 is 1.69 bits per heavy atom. The fraction of sp³-hybridized carbons (Fsp3) is 0.579. The lowest BCUT2D eigenvalue weighted by molar-refractivity contribution is -0.130. The second kappa shape index (κ2) is 9.24. The number of carbonyl (C=O) groups excluding carboxylic acids is 2. The smallest absolute Gasteiger partial charge is 0.317 e. The summed E-state index contributed by atoms with van der Waals surface area (Å²) in [7, 11) is 0. The average molecular weight is 380 g/mol. The zero-order chi connectivity index (χ0) is 18.4. The Morgan fingerprint density at radius 1 is 1.04 bits per heavy atom. The summed E-state index contributed by atoms with van der Waals surface area (Å²) in [6, 6.07) is 7.53. The van der Waals surface area contributed by atoms with Gasteiger partial charge in [0.25, 0.3) is 0 Å². The molecule has 0 aliphatic carbocycles. The van der Waals surface area contributed by atoms with Crippen LogP contribution in [0, 0.1) is 0 Å². The quantitative estimate of drug-likeness (QED) is 0.876. The zero-order valence-corrected chi connectivity index (χ0v) is 15.7. The van der Waals surface area contributed by atoms with Gasteiger partial charge >= 0.3 is 6.03 Å². The molecule has 3 rings (SSSR count). The lowest BCUT2D eigenvalue weighted by Crippen LogP contribution is -2.48. The molecule has 2 heterocycles. The molecule has 2 fully saturated rings. The van der Waals surface area contributed by atoms with Gasteiger partial charge in [-0.1, -0.05) is 23.7 Å². The molecule has 2 saturated heterocycles. The maximum absolute atomic E-state index is 12.6. The summed E-state index contributed by atoms with van der Waals surface area (Å²) in [5.41, 5.74) is 0.956. The highest BCUT2D eigenvalue weighted by atomic mass is 35.5. The van der Waals surface area contributed by atoms with Crippen LogP contribution in [0.15, 0.2) is 24.3 Å². The number of nitrogens with one attached hydrogen (secondary N) is 1. The van der Waals surface area contributed by atoms with E-state index in [0.717, 1.165) is 24.8 Å². The maximum atomic E-state index is 12.6. The van der Waals surface area contributed by atoms with Crippen molar-refractivity contribution in [1.82, 2.24) is 15.1 Å². The second-order valence-electron chi connectivity index (χ2n) is 6.86. The van der Waals surface area contributed by atoms with E-state index in [1.165, 1.54) is 0 Å². The molecule has 0 aromatic heterocycles. The van der Waals surface area contributed by atoms with E-state index in [0.29, 0.717) is 50.8 Å². The predicted molar refractivity (Wildman–Crippen MR) is 100 cm³/mol. The summed E-state index contributed by atoms with van der Waals surface area (Å²) in [6.45, 7) is 3.93. The van der Waals surface area contributed by atoms with Crippen LogP contribution >= 0.6 is 11.6 Å². The van der Waals surface area contributed by atoms with Crippen LogP contribution in [0.2, 0.25) is 5.02 Å². The molecule has 6 nitrogen and oxygen atoms in total. The van der Waals surface area contributed by atoms with Crippen molar-refractivity contribution in [3.8, 4) is 0 Å². The van der Waals surface area contributed by atoms with Crippen LogP contribution in [-0.4, -0.2) is 67.2 Å². The molecule has 142 valence electrons. The Kier molecular flexibility index (Phi) is 6.74. The largest absolute Gasteiger partial charge is 0.381 e. The van der Waals surface area contributed by atoms with E-state index in [1.807, 2.05) is 21.9 Å². The van der Waals surface area contributed by atoms with Crippen LogP contribution in [0.5, 0.6) is 0 Å². The van der Waals surface area contributed by atoms with Crippen molar-refractivity contribution in [2.45, 2.75) is 31.7 Å². The van der Waals surface area contributed by atoms with Gasteiger partial charge in [0.15, 0.2) is 0 Å². The summed E-state index contributed by atoms with van der Waals surface area (Å²) in [5.74, 6) is 0.0963. The lowest BCUT2D eigenvalue weighted by atomic mass is 10.1. The number of benzene rings is 1. The van der Waals surface area contributed by atoms with Gasteiger partial charge in [0.05, 0.1) is 6.42 Å². The van der Waals surface area contributed by atoms with Gasteiger partial charge in [-0.25, -0.2) is 4.79 Å². The van der Waals surface area contributed by atoms with Gasteiger partial charge in [-0.2, -0.15) is 0 Å². The van der Waals surface area contributed by atoms with Gasteiger partial charge in [0.1, 0.15) is 0 Å². The molecule has 3 amide bonds. The Hall–Kier alpha value is -1.79. The number of hydrogen-bond acceptors (Lipinski definition) is 3. The van der Waals surface area contributed by atoms with E-state index in [4.69, 9.17) is 16.3 Å². The molecule has 1 aromatic carbocycles. The molecule has 2 aliphatic rings. The fourth-order valence-corrected chi connectivity index (χ4v) is 3.49. The van der Waals surface area contributed by atoms with Crippen molar-refractivity contribution in [2.24, 2.45) is 0 Å². The molecule has 26 heavy (non-hydrogen) atoms. The number of nitrogens with zero attached hydrogens (tertiary/aromatic N) is 2. The summed E-state index contributed by atoms with van der Waals surface area (Å²) >= 11 is 5.89. The minimum absolute atomic E-state index is 0.0242. The number of ether oxygens (including phenoxy) is 1. The molecular weight excluding hydrogens is 354 g/mol. The average Bonchev–Trinajstić information content (AvgIpc) is 2.91. The normalized spacial score (nSPS) is 19.1. The number of rotatable bonds is 3. The molecule has 0 saturated carbocycles. The van der Waals surface area contributed by atoms with Crippen LogP contribution in [0.25, 0.3) is 0 Å². The Labute approximate surface area is 159 Å². The van der Waals surface area contributed by atoms with Crippen molar-refractivity contribution in [3.63, 3.8) is 0 Å². The second-order valence-corrected chi connectivity index (χ2v) is 7.30. The van der Waals surface area contributed by atoms with Crippen molar-refractivity contribution < 1.29 is 14.3 Å². The zero-order valence-electron chi connectivity index (χ0n) is 15.0. The van der Waals surface area contributed by atoms with Crippen molar-refractivity contribution in [1.29, 1.82) is 0 Å². The molecule has 0 unspecified atom stereocenters. The maximum Gasteiger partial charge on any atom is 0.317 e. The van der Waals surface area contributed by atoms with E-state index in [1.54, 1.807) is 12.1 Å². The summed E-state index contributed by atoms with van der Waals surface area (Å²) in [5, 5.41) is 3.77. The van der Waals surface area contributed by atoms with Crippen LogP contribution in [0.3, 0.4) is 0 Å². The van der Waals surface area contributed by atoms with Gasteiger partial charge in [0.2, 0.25) is 5.91 Å². The van der Waals surface area contributed by atoms with Crippen LogP contribution in [0.4, 0.5) is 4.79 Å². The SMILES string of the molecule is O=C(Cc1ccc(Cl)cc1)N1CCCN(C(=O)NC2CCOCC2)CC1. The summed E-state index contributed by atoms with van der Waals surface area (Å²) in [6.07, 6.45) is 2.90. The number of halogens is 1.